The molecule has 2 aromatic carbocycles. The van der Waals surface area contributed by atoms with E-state index in [0.29, 0.717) is 25.0 Å². The van der Waals surface area contributed by atoms with E-state index in [9.17, 15) is 26.4 Å². The number of allylic oxidation sites excluding steroid dienone is 1. The molecule has 0 saturated carbocycles. The third-order valence-electron chi connectivity index (χ3n) is 4.86. The van der Waals surface area contributed by atoms with Crippen LogP contribution in [0.1, 0.15) is 36.0 Å². The largest absolute Gasteiger partial charge is 0.481 e. The molecular formula is C24H21F3N2O4S. The first kappa shape index (κ1) is 25.0. The van der Waals surface area contributed by atoms with Gasteiger partial charge in [-0.15, -0.1) is 0 Å². The van der Waals surface area contributed by atoms with E-state index in [0.717, 1.165) is 28.8 Å². The van der Waals surface area contributed by atoms with Gasteiger partial charge in [-0.1, -0.05) is 24.3 Å². The molecule has 0 aliphatic carbocycles. The van der Waals surface area contributed by atoms with E-state index >= 15 is 0 Å². The monoisotopic (exact) mass is 490 g/mol. The molecule has 1 aromatic heterocycles. The number of alkyl halides is 3. The summed E-state index contributed by atoms with van der Waals surface area (Å²) in [6.45, 7) is 0. The number of halogens is 3. The molecule has 6 nitrogen and oxygen atoms in total. The number of carboxylic acid groups (broad SMARTS) is 1. The van der Waals surface area contributed by atoms with Gasteiger partial charge in [-0.2, -0.15) is 13.2 Å². The first-order valence-electron chi connectivity index (χ1n) is 10.2. The Morgan fingerprint density at radius 3 is 2.24 bits per heavy atom. The quantitative estimate of drug-likeness (QED) is 0.381. The van der Waals surface area contributed by atoms with Crippen LogP contribution in [0, 0.1) is 0 Å². The summed E-state index contributed by atoms with van der Waals surface area (Å²) in [6.07, 6.45) is 1.68. The summed E-state index contributed by atoms with van der Waals surface area (Å²) in [6, 6.07) is 13.3. The Hall–Kier alpha value is -3.66. The Morgan fingerprint density at radius 2 is 1.68 bits per heavy atom. The fraction of sp³-hybridized carbons (Fsp3) is 0.167. The Labute approximate surface area is 194 Å². The standard InChI is InChI=1S/C24H21F3N2O4S/c25-24(26,27)19-9-13-21(14-10-19)34(32,33)29-20-11-7-17(8-12-20)22(5-1-2-6-23(30)31)18-4-3-15-28-16-18/h3-5,7-16,29H,1-2,6H2,(H,30,31)/b22-5-. The molecule has 178 valence electrons. The summed E-state index contributed by atoms with van der Waals surface area (Å²) >= 11 is 0. The highest BCUT2D eigenvalue weighted by molar-refractivity contribution is 7.92. The summed E-state index contributed by atoms with van der Waals surface area (Å²) in [5, 5.41) is 8.83. The van der Waals surface area contributed by atoms with Crippen molar-refractivity contribution in [2.45, 2.75) is 30.3 Å². The normalized spacial score (nSPS) is 12.4. The number of nitrogens with one attached hydrogen (secondary N) is 1. The highest BCUT2D eigenvalue weighted by Gasteiger charge is 2.30. The molecule has 34 heavy (non-hydrogen) atoms. The number of aromatic nitrogens is 1. The number of rotatable bonds is 9. The summed E-state index contributed by atoms with van der Waals surface area (Å²) in [5.74, 6) is -0.874. The number of benzene rings is 2. The van der Waals surface area contributed by atoms with E-state index < -0.39 is 27.7 Å². The van der Waals surface area contributed by atoms with Gasteiger partial charge < -0.3 is 5.11 Å². The lowest BCUT2D eigenvalue weighted by molar-refractivity contribution is -0.138. The molecule has 0 saturated heterocycles. The van der Waals surface area contributed by atoms with E-state index in [1.165, 1.54) is 0 Å². The van der Waals surface area contributed by atoms with Crippen LogP contribution in [0.4, 0.5) is 18.9 Å². The minimum absolute atomic E-state index is 0.0431. The fourth-order valence-electron chi connectivity index (χ4n) is 3.18. The second-order valence-electron chi connectivity index (χ2n) is 7.35. The van der Waals surface area contributed by atoms with Crippen molar-refractivity contribution in [2.75, 3.05) is 4.72 Å². The van der Waals surface area contributed by atoms with Gasteiger partial charge in [-0.25, -0.2) is 8.42 Å². The highest BCUT2D eigenvalue weighted by Crippen LogP contribution is 2.30. The molecule has 0 spiro atoms. The van der Waals surface area contributed by atoms with Crippen molar-refractivity contribution >= 4 is 27.3 Å². The van der Waals surface area contributed by atoms with Crippen molar-refractivity contribution in [3.8, 4) is 0 Å². The number of sulfonamides is 1. The van der Waals surface area contributed by atoms with Gasteiger partial charge in [0.2, 0.25) is 0 Å². The second kappa shape index (κ2) is 10.5. The Bertz CT molecular complexity index is 1260. The molecule has 3 rings (SSSR count). The Balaban J connectivity index is 1.80. The molecule has 0 aliphatic heterocycles. The Kier molecular flexibility index (Phi) is 7.72. The average Bonchev–Trinajstić information content (AvgIpc) is 2.79. The van der Waals surface area contributed by atoms with E-state index in [1.54, 1.807) is 42.7 Å². The van der Waals surface area contributed by atoms with Gasteiger partial charge in [0.1, 0.15) is 0 Å². The maximum Gasteiger partial charge on any atom is 0.416 e. The highest BCUT2D eigenvalue weighted by atomic mass is 32.2. The lowest BCUT2D eigenvalue weighted by Gasteiger charge is -2.12. The number of pyridine rings is 1. The van der Waals surface area contributed by atoms with Crippen molar-refractivity contribution in [2.24, 2.45) is 0 Å². The number of hydrogen-bond donors (Lipinski definition) is 2. The number of aliphatic carboxylic acids is 1. The fourth-order valence-corrected chi connectivity index (χ4v) is 4.24. The molecule has 0 radical (unpaired) electrons. The maximum atomic E-state index is 12.7. The van der Waals surface area contributed by atoms with Crippen molar-refractivity contribution in [1.82, 2.24) is 4.98 Å². The smallest absolute Gasteiger partial charge is 0.416 e. The first-order valence-corrected chi connectivity index (χ1v) is 11.7. The van der Waals surface area contributed by atoms with Crippen molar-refractivity contribution in [3.63, 3.8) is 0 Å². The number of carbonyl (C=O) groups is 1. The molecule has 0 atom stereocenters. The average molecular weight is 491 g/mol. The lowest BCUT2D eigenvalue weighted by atomic mass is 9.97. The molecular weight excluding hydrogens is 469 g/mol. The van der Waals surface area contributed by atoms with E-state index in [-0.39, 0.29) is 17.0 Å². The molecule has 10 heteroatoms. The molecule has 3 aromatic rings. The zero-order valence-corrected chi connectivity index (χ0v) is 18.6. The molecule has 2 N–H and O–H groups in total. The van der Waals surface area contributed by atoms with Crippen LogP contribution in [-0.2, 0) is 21.0 Å². The minimum Gasteiger partial charge on any atom is -0.481 e. The molecule has 0 aliphatic rings. The number of nitrogens with zero attached hydrogens (tertiary/aromatic N) is 1. The van der Waals surface area contributed by atoms with Crippen LogP contribution < -0.4 is 4.72 Å². The zero-order valence-electron chi connectivity index (χ0n) is 17.8. The van der Waals surface area contributed by atoms with Crippen molar-refractivity contribution < 1.29 is 31.5 Å². The predicted octanol–water partition coefficient (Wildman–Crippen LogP) is 5.59. The summed E-state index contributed by atoms with van der Waals surface area (Å²) in [5.41, 5.74) is 1.70. The molecule has 0 bridgehead atoms. The van der Waals surface area contributed by atoms with E-state index in [2.05, 4.69) is 9.71 Å². The minimum atomic E-state index is -4.56. The zero-order chi connectivity index (χ0) is 24.8. The van der Waals surface area contributed by atoms with Crippen molar-refractivity contribution in [1.29, 1.82) is 0 Å². The third-order valence-corrected chi connectivity index (χ3v) is 6.25. The molecule has 0 amide bonds. The van der Waals surface area contributed by atoms with Crippen LogP contribution in [-0.4, -0.2) is 24.5 Å². The van der Waals surface area contributed by atoms with Crippen LogP contribution >= 0.6 is 0 Å². The Morgan fingerprint density at radius 1 is 1.00 bits per heavy atom. The third kappa shape index (κ3) is 6.67. The first-order chi connectivity index (χ1) is 16.1. The SMILES string of the molecule is O=C(O)CCC/C=C(/c1ccc(NS(=O)(=O)c2ccc(C(F)(F)F)cc2)cc1)c1cccnc1. The number of anilines is 1. The van der Waals surface area contributed by atoms with E-state index in [4.69, 9.17) is 5.11 Å². The summed E-state index contributed by atoms with van der Waals surface area (Å²) < 4.78 is 65.7. The van der Waals surface area contributed by atoms with Gasteiger partial charge in [0.25, 0.3) is 10.0 Å². The van der Waals surface area contributed by atoms with Gasteiger partial charge >= 0.3 is 12.1 Å². The summed E-state index contributed by atoms with van der Waals surface area (Å²) in [4.78, 5) is 14.6. The van der Waals surface area contributed by atoms with Crippen LogP contribution in [0.3, 0.4) is 0 Å². The molecule has 0 fully saturated rings. The lowest BCUT2D eigenvalue weighted by Crippen LogP contribution is -2.13. The maximum absolute atomic E-state index is 12.7. The van der Waals surface area contributed by atoms with Gasteiger partial charge in [0, 0.05) is 30.1 Å². The topological polar surface area (TPSA) is 96.4 Å². The van der Waals surface area contributed by atoms with E-state index in [1.807, 2.05) is 12.1 Å². The number of carboxylic acids is 1. The predicted molar refractivity (Wildman–Crippen MR) is 121 cm³/mol. The van der Waals surface area contributed by atoms with Crippen LogP contribution in [0.5, 0.6) is 0 Å². The van der Waals surface area contributed by atoms with Crippen LogP contribution in [0.2, 0.25) is 0 Å². The number of unbranched alkanes of at least 4 members (excludes halogenated alkanes) is 1. The summed E-state index contributed by atoms with van der Waals surface area (Å²) in [7, 11) is -4.08. The van der Waals surface area contributed by atoms with Gasteiger partial charge in [0.15, 0.2) is 0 Å². The van der Waals surface area contributed by atoms with Crippen molar-refractivity contribution in [3.05, 3.63) is 95.8 Å². The van der Waals surface area contributed by atoms with Gasteiger partial charge in [0.05, 0.1) is 10.5 Å². The van der Waals surface area contributed by atoms with Crippen LogP contribution in [0.25, 0.3) is 5.57 Å². The molecule has 1 heterocycles. The second-order valence-corrected chi connectivity index (χ2v) is 9.03. The molecule has 0 unspecified atom stereocenters. The van der Waals surface area contributed by atoms with Crippen LogP contribution in [0.15, 0.2) is 84.0 Å². The van der Waals surface area contributed by atoms with Gasteiger partial charge in [-0.05, 0) is 66.4 Å². The van der Waals surface area contributed by atoms with Gasteiger partial charge in [-0.3, -0.25) is 14.5 Å². The number of hydrogen-bond acceptors (Lipinski definition) is 4.